The second-order valence-corrected chi connectivity index (χ2v) is 9.96. The number of rotatable bonds is 6. The van der Waals surface area contributed by atoms with E-state index in [1.165, 1.54) is 5.56 Å². The summed E-state index contributed by atoms with van der Waals surface area (Å²) in [6.45, 7) is 6.53. The number of hydrogen-bond acceptors (Lipinski definition) is 5. The van der Waals surface area contributed by atoms with Crippen molar-refractivity contribution in [1.29, 1.82) is 0 Å². The summed E-state index contributed by atoms with van der Waals surface area (Å²) in [5.74, 6) is 0.636. The van der Waals surface area contributed by atoms with Crippen LogP contribution in [0, 0.1) is 0 Å². The van der Waals surface area contributed by atoms with E-state index in [9.17, 15) is 4.79 Å². The van der Waals surface area contributed by atoms with Gasteiger partial charge in [0.15, 0.2) is 5.16 Å². The first-order valence-corrected chi connectivity index (χ1v) is 11.7. The Morgan fingerprint density at radius 3 is 2.50 bits per heavy atom. The molecule has 154 valence electrons. The van der Waals surface area contributed by atoms with Gasteiger partial charge < -0.3 is 5.32 Å². The van der Waals surface area contributed by atoms with E-state index in [4.69, 9.17) is 0 Å². The Morgan fingerprint density at radius 2 is 1.80 bits per heavy atom. The molecule has 2 heterocycles. The Balaban J connectivity index is 1.37. The first kappa shape index (κ1) is 20.6. The number of nitrogens with one attached hydrogen (secondary N) is 1. The summed E-state index contributed by atoms with van der Waals surface area (Å²) >= 11 is 3.12. The van der Waals surface area contributed by atoms with Gasteiger partial charge in [-0.2, -0.15) is 0 Å². The molecule has 4 rings (SSSR count). The zero-order chi connectivity index (χ0) is 21.1. The van der Waals surface area contributed by atoms with Crippen LogP contribution >= 0.6 is 23.1 Å². The average Bonchev–Trinajstić information content (AvgIpc) is 3.31. The van der Waals surface area contributed by atoms with Crippen LogP contribution in [0.15, 0.2) is 65.1 Å². The molecule has 0 atom stereocenters. The molecule has 5 nitrogen and oxygen atoms in total. The molecule has 2 aromatic heterocycles. The highest BCUT2D eigenvalue weighted by Gasteiger charge is 2.15. The lowest BCUT2D eigenvalue weighted by molar-refractivity contribution is -0.115. The number of aromatic nitrogens is 3. The van der Waals surface area contributed by atoms with Crippen LogP contribution in [0.4, 0.5) is 5.69 Å². The maximum absolute atomic E-state index is 12.4. The molecule has 0 saturated carbocycles. The standard InChI is InChI=1S/C23H24N4OS2/c1-23(2,3)17-9-11-18(12-10-17)24-20(28)13-14-29-21-25-26-22-27(21)19(15-30-22)16-7-5-4-6-8-16/h4-12,15H,13-14H2,1-3H3,(H,24,28). The fourth-order valence-corrected chi connectivity index (χ4v) is 4.89. The van der Waals surface area contributed by atoms with E-state index < -0.39 is 0 Å². The van der Waals surface area contributed by atoms with Crippen LogP contribution in [0.25, 0.3) is 16.2 Å². The molecule has 0 aliphatic heterocycles. The predicted octanol–water partition coefficient (Wildman–Crippen LogP) is 5.88. The number of anilines is 1. The van der Waals surface area contributed by atoms with Crippen molar-refractivity contribution in [3.63, 3.8) is 0 Å². The molecule has 30 heavy (non-hydrogen) atoms. The van der Waals surface area contributed by atoms with Crippen molar-refractivity contribution in [2.24, 2.45) is 0 Å². The van der Waals surface area contributed by atoms with Crippen LogP contribution in [0.3, 0.4) is 0 Å². The van der Waals surface area contributed by atoms with Crippen molar-refractivity contribution in [3.8, 4) is 11.3 Å². The molecule has 0 aliphatic rings. The largest absolute Gasteiger partial charge is 0.326 e. The summed E-state index contributed by atoms with van der Waals surface area (Å²) in [5.41, 5.74) is 4.38. The molecule has 4 aromatic rings. The molecule has 0 fully saturated rings. The minimum absolute atomic E-state index is 0.000342. The van der Waals surface area contributed by atoms with Crippen LogP contribution in [-0.2, 0) is 10.2 Å². The average molecular weight is 437 g/mol. The zero-order valence-electron chi connectivity index (χ0n) is 17.3. The minimum atomic E-state index is 0.000342. The van der Waals surface area contributed by atoms with Gasteiger partial charge in [0.1, 0.15) is 0 Å². The molecule has 1 N–H and O–H groups in total. The molecule has 0 saturated heterocycles. The first-order valence-electron chi connectivity index (χ1n) is 9.83. The van der Waals surface area contributed by atoms with Gasteiger partial charge in [0.2, 0.25) is 10.9 Å². The summed E-state index contributed by atoms with van der Waals surface area (Å²) in [6, 6.07) is 18.3. The summed E-state index contributed by atoms with van der Waals surface area (Å²) in [6.07, 6.45) is 0.408. The molecular weight excluding hydrogens is 412 g/mol. The third-order valence-corrected chi connectivity index (χ3v) is 6.53. The lowest BCUT2D eigenvalue weighted by atomic mass is 9.87. The van der Waals surface area contributed by atoms with Crippen LogP contribution in [-0.4, -0.2) is 26.3 Å². The Labute approximate surface area is 184 Å². The Bertz CT molecular complexity index is 1140. The van der Waals surface area contributed by atoms with Gasteiger partial charge in [-0.1, -0.05) is 75.0 Å². The summed E-state index contributed by atoms with van der Waals surface area (Å²) in [7, 11) is 0. The van der Waals surface area contributed by atoms with E-state index >= 15 is 0 Å². The van der Waals surface area contributed by atoms with Crippen molar-refractivity contribution in [2.75, 3.05) is 11.1 Å². The highest BCUT2D eigenvalue weighted by atomic mass is 32.2. The summed E-state index contributed by atoms with van der Waals surface area (Å²) in [4.78, 5) is 13.2. The van der Waals surface area contributed by atoms with Crippen LogP contribution in [0.2, 0.25) is 0 Å². The first-order chi connectivity index (χ1) is 14.4. The van der Waals surface area contributed by atoms with Crippen molar-refractivity contribution in [1.82, 2.24) is 14.6 Å². The topological polar surface area (TPSA) is 59.3 Å². The number of fused-ring (bicyclic) bond motifs is 1. The third-order valence-electron chi connectivity index (χ3n) is 4.79. The van der Waals surface area contributed by atoms with Crippen LogP contribution < -0.4 is 5.32 Å². The smallest absolute Gasteiger partial charge is 0.225 e. The van der Waals surface area contributed by atoms with Crippen LogP contribution in [0.1, 0.15) is 32.8 Å². The highest BCUT2D eigenvalue weighted by molar-refractivity contribution is 7.99. The Morgan fingerprint density at radius 1 is 1.07 bits per heavy atom. The minimum Gasteiger partial charge on any atom is -0.326 e. The van der Waals surface area contributed by atoms with Gasteiger partial charge in [-0.15, -0.1) is 21.5 Å². The number of hydrogen-bond donors (Lipinski definition) is 1. The van der Waals surface area contributed by atoms with Gasteiger partial charge in [0, 0.05) is 23.2 Å². The maximum Gasteiger partial charge on any atom is 0.225 e. The molecule has 0 radical (unpaired) electrons. The van der Waals surface area contributed by atoms with Crippen LogP contribution in [0.5, 0.6) is 0 Å². The van der Waals surface area contributed by atoms with E-state index in [-0.39, 0.29) is 11.3 Å². The van der Waals surface area contributed by atoms with Crippen molar-refractivity contribution >= 4 is 39.7 Å². The number of benzene rings is 2. The third kappa shape index (κ3) is 4.57. The number of amides is 1. The molecule has 0 bridgehead atoms. The van der Waals surface area contributed by atoms with Crippen molar-refractivity contribution in [2.45, 2.75) is 37.8 Å². The van der Waals surface area contributed by atoms with E-state index in [0.29, 0.717) is 12.2 Å². The quantitative estimate of drug-likeness (QED) is 0.384. The van der Waals surface area contributed by atoms with E-state index in [0.717, 1.165) is 27.1 Å². The van der Waals surface area contributed by atoms with Gasteiger partial charge >= 0.3 is 0 Å². The lowest BCUT2D eigenvalue weighted by Crippen LogP contribution is -2.14. The van der Waals surface area contributed by atoms with E-state index in [1.54, 1.807) is 23.1 Å². The number of carbonyl (C=O) groups is 1. The van der Waals surface area contributed by atoms with Crippen molar-refractivity contribution in [3.05, 3.63) is 65.5 Å². The van der Waals surface area contributed by atoms with Gasteiger partial charge in [-0.25, -0.2) is 0 Å². The molecule has 7 heteroatoms. The molecule has 0 aliphatic carbocycles. The fraction of sp³-hybridized carbons (Fsp3) is 0.261. The number of thioether (sulfide) groups is 1. The second kappa shape index (κ2) is 8.62. The van der Waals surface area contributed by atoms with Gasteiger partial charge in [-0.3, -0.25) is 9.20 Å². The van der Waals surface area contributed by atoms with E-state index in [1.807, 2.05) is 30.3 Å². The van der Waals surface area contributed by atoms with E-state index in [2.05, 4.69) is 70.3 Å². The maximum atomic E-state index is 12.4. The highest BCUT2D eigenvalue weighted by Crippen LogP contribution is 2.30. The number of carbonyl (C=O) groups excluding carboxylic acids is 1. The molecule has 2 aromatic carbocycles. The zero-order valence-corrected chi connectivity index (χ0v) is 18.9. The molecule has 0 unspecified atom stereocenters. The fourth-order valence-electron chi connectivity index (χ4n) is 3.11. The monoisotopic (exact) mass is 436 g/mol. The SMILES string of the molecule is CC(C)(C)c1ccc(NC(=O)CCSc2nnc3scc(-c4ccccc4)n23)cc1. The lowest BCUT2D eigenvalue weighted by Gasteiger charge is -2.19. The molecular formula is C23H24N4OS2. The Hall–Kier alpha value is -2.64. The van der Waals surface area contributed by atoms with Gasteiger partial charge in [0.05, 0.1) is 5.69 Å². The molecule has 1 amide bonds. The number of thiazole rings is 1. The normalized spacial score (nSPS) is 11.7. The molecule has 0 spiro atoms. The predicted molar refractivity (Wildman–Crippen MR) is 125 cm³/mol. The summed E-state index contributed by atoms with van der Waals surface area (Å²) < 4.78 is 2.06. The number of nitrogens with zero attached hydrogens (tertiary/aromatic N) is 3. The second-order valence-electron chi connectivity index (χ2n) is 8.06. The van der Waals surface area contributed by atoms with Crippen molar-refractivity contribution < 1.29 is 4.79 Å². The van der Waals surface area contributed by atoms with Gasteiger partial charge in [0.25, 0.3) is 0 Å². The van der Waals surface area contributed by atoms with Gasteiger partial charge in [-0.05, 0) is 28.7 Å². The summed E-state index contributed by atoms with van der Waals surface area (Å²) in [5, 5.41) is 14.5. The Kier molecular flexibility index (Phi) is 5.92.